The maximum Gasteiger partial charge on any atom is 0.287 e. The van der Waals surface area contributed by atoms with Crippen LogP contribution in [-0.4, -0.2) is 30.4 Å². The summed E-state index contributed by atoms with van der Waals surface area (Å²) in [6, 6.07) is 7.41. The predicted octanol–water partition coefficient (Wildman–Crippen LogP) is 4.15. The summed E-state index contributed by atoms with van der Waals surface area (Å²) in [6.45, 7) is 6.78. The molecule has 5 nitrogen and oxygen atoms in total. The van der Waals surface area contributed by atoms with Gasteiger partial charge in [0, 0.05) is 6.54 Å². The van der Waals surface area contributed by atoms with Gasteiger partial charge in [0.2, 0.25) is 0 Å². The molecule has 1 atom stereocenters. The molecule has 0 unspecified atom stereocenters. The van der Waals surface area contributed by atoms with E-state index in [1.165, 1.54) is 12.8 Å². The number of furan rings is 2. The highest BCUT2D eigenvalue weighted by Gasteiger charge is 2.27. The number of nitrogens with one attached hydrogen (secondary N) is 1. The number of amides is 1. The Kier molecular flexibility index (Phi) is 5.46. The fourth-order valence-electron chi connectivity index (χ4n) is 3.10. The first-order chi connectivity index (χ1) is 11.5. The Labute approximate surface area is 150 Å². The van der Waals surface area contributed by atoms with Gasteiger partial charge in [-0.2, -0.15) is 0 Å². The minimum absolute atomic E-state index is 0.0496. The van der Waals surface area contributed by atoms with Crippen LogP contribution in [0.15, 0.2) is 37.8 Å². The molecular weight excluding hydrogens is 372 g/mol. The normalized spacial score (nSPS) is 17.8. The molecule has 3 rings (SSSR count). The fourth-order valence-corrected chi connectivity index (χ4v) is 3.40. The zero-order valence-corrected chi connectivity index (χ0v) is 15.6. The number of piperidine rings is 1. The van der Waals surface area contributed by atoms with Gasteiger partial charge in [0.15, 0.2) is 10.4 Å². The molecule has 0 saturated carbocycles. The monoisotopic (exact) mass is 394 g/mol. The average molecular weight is 395 g/mol. The van der Waals surface area contributed by atoms with E-state index in [0.29, 0.717) is 17.0 Å². The van der Waals surface area contributed by atoms with Gasteiger partial charge in [-0.25, -0.2) is 0 Å². The van der Waals surface area contributed by atoms with Crippen molar-refractivity contribution in [1.29, 1.82) is 0 Å². The highest BCUT2D eigenvalue weighted by atomic mass is 79.9. The number of carbonyl (C=O) groups is 1. The third-order valence-corrected chi connectivity index (χ3v) is 5.03. The summed E-state index contributed by atoms with van der Waals surface area (Å²) in [7, 11) is 0. The van der Waals surface area contributed by atoms with Crippen molar-refractivity contribution in [2.24, 2.45) is 5.92 Å². The van der Waals surface area contributed by atoms with Crippen LogP contribution in [0.25, 0.3) is 0 Å². The molecule has 2 aromatic heterocycles. The van der Waals surface area contributed by atoms with Gasteiger partial charge in [0.1, 0.15) is 11.5 Å². The van der Waals surface area contributed by atoms with E-state index in [4.69, 9.17) is 8.83 Å². The van der Waals surface area contributed by atoms with Crippen LogP contribution in [0.4, 0.5) is 0 Å². The van der Waals surface area contributed by atoms with E-state index in [1.54, 1.807) is 12.1 Å². The number of likely N-dealkylation sites (tertiary alicyclic amines) is 1. The van der Waals surface area contributed by atoms with Gasteiger partial charge in [0.05, 0.1) is 6.04 Å². The lowest BCUT2D eigenvalue weighted by Crippen LogP contribution is -2.41. The number of aryl methyl sites for hydroxylation is 1. The van der Waals surface area contributed by atoms with E-state index >= 15 is 0 Å². The molecule has 2 aromatic rings. The Morgan fingerprint density at radius 3 is 2.62 bits per heavy atom. The zero-order valence-electron chi connectivity index (χ0n) is 14.0. The molecule has 1 N–H and O–H groups in total. The molecule has 0 aliphatic carbocycles. The second-order valence-corrected chi connectivity index (χ2v) is 7.28. The maximum atomic E-state index is 12.3. The second kappa shape index (κ2) is 7.57. The minimum Gasteiger partial charge on any atom is -0.465 e. The number of hydrogen-bond donors (Lipinski definition) is 1. The summed E-state index contributed by atoms with van der Waals surface area (Å²) in [4.78, 5) is 14.7. The molecule has 0 bridgehead atoms. The Balaban J connectivity index is 1.69. The van der Waals surface area contributed by atoms with Crippen LogP contribution >= 0.6 is 15.9 Å². The largest absolute Gasteiger partial charge is 0.465 e. The molecule has 130 valence electrons. The topological polar surface area (TPSA) is 58.6 Å². The molecule has 6 heteroatoms. The van der Waals surface area contributed by atoms with Gasteiger partial charge in [-0.05, 0) is 79.0 Å². The summed E-state index contributed by atoms with van der Waals surface area (Å²) in [6.07, 6.45) is 2.35. The molecule has 1 fully saturated rings. The van der Waals surface area contributed by atoms with Crippen LogP contribution < -0.4 is 5.32 Å². The SMILES string of the molecule is Cc1ccc([C@@H](CNC(=O)c2ccc(Br)o2)N2CCC(C)CC2)o1. The minimum atomic E-state index is -0.209. The van der Waals surface area contributed by atoms with Crippen LogP contribution in [0.3, 0.4) is 0 Å². The summed E-state index contributed by atoms with van der Waals surface area (Å²) in [5.41, 5.74) is 0. The predicted molar refractivity (Wildman–Crippen MR) is 94.9 cm³/mol. The van der Waals surface area contributed by atoms with E-state index in [1.807, 2.05) is 19.1 Å². The van der Waals surface area contributed by atoms with Crippen molar-refractivity contribution in [3.05, 3.63) is 46.2 Å². The summed E-state index contributed by atoms with van der Waals surface area (Å²) in [5.74, 6) is 2.66. The first kappa shape index (κ1) is 17.3. The highest BCUT2D eigenvalue weighted by molar-refractivity contribution is 9.10. The smallest absolute Gasteiger partial charge is 0.287 e. The molecule has 0 radical (unpaired) electrons. The van der Waals surface area contributed by atoms with Crippen LogP contribution in [0.1, 0.15) is 47.9 Å². The molecule has 1 amide bonds. The first-order valence-electron chi connectivity index (χ1n) is 8.37. The van der Waals surface area contributed by atoms with E-state index in [-0.39, 0.29) is 11.9 Å². The van der Waals surface area contributed by atoms with Crippen molar-refractivity contribution in [2.45, 2.75) is 32.7 Å². The van der Waals surface area contributed by atoms with E-state index < -0.39 is 0 Å². The number of carbonyl (C=O) groups excluding carboxylic acids is 1. The van der Waals surface area contributed by atoms with Crippen LogP contribution in [-0.2, 0) is 0 Å². The van der Waals surface area contributed by atoms with E-state index in [2.05, 4.69) is 33.1 Å². The second-order valence-electron chi connectivity index (χ2n) is 6.50. The third-order valence-electron chi connectivity index (χ3n) is 4.60. The van der Waals surface area contributed by atoms with E-state index in [0.717, 1.165) is 30.5 Å². The number of halogens is 1. The molecule has 1 saturated heterocycles. The standard InChI is InChI=1S/C18H23BrN2O3/c1-12-7-9-21(10-8-12)14(15-4-3-13(2)23-15)11-20-18(22)16-5-6-17(19)24-16/h3-6,12,14H,7-11H2,1-2H3,(H,20,22)/t14-/m1/s1. The number of hydrogen-bond acceptors (Lipinski definition) is 4. The number of nitrogens with zero attached hydrogens (tertiary/aromatic N) is 1. The van der Waals surface area contributed by atoms with Gasteiger partial charge in [0.25, 0.3) is 5.91 Å². The van der Waals surface area contributed by atoms with Crippen molar-refractivity contribution in [2.75, 3.05) is 19.6 Å². The lowest BCUT2D eigenvalue weighted by Gasteiger charge is -2.35. The number of rotatable bonds is 5. The highest BCUT2D eigenvalue weighted by Crippen LogP contribution is 2.27. The van der Waals surface area contributed by atoms with Crippen molar-refractivity contribution < 1.29 is 13.6 Å². The van der Waals surface area contributed by atoms with Gasteiger partial charge >= 0.3 is 0 Å². The van der Waals surface area contributed by atoms with Gasteiger partial charge in [-0.15, -0.1) is 0 Å². The molecule has 0 spiro atoms. The first-order valence-corrected chi connectivity index (χ1v) is 9.16. The lowest BCUT2D eigenvalue weighted by molar-refractivity contribution is 0.0868. The van der Waals surface area contributed by atoms with Gasteiger partial charge in [-0.3, -0.25) is 9.69 Å². The zero-order chi connectivity index (χ0) is 17.1. The Morgan fingerprint density at radius 2 is 2.04 bits per heavy atom. The van der Waals surface area contributed by atoms with Crippen LogP contribution in [0.2, 0.25) is 0 Å². The van der Waals surface area contributed by atoms with Crippen molar-refractivity contribution in [3.8, 4) is 0 Å². The molecular formula is C18H23BrN2O3. The van der Waals surface area contributed by atoms with Gasteiger partial charge < -0.3 is 14.2 Å². The molecule has 1 aliphatic rings. The Hall–Kier alpha value is -1.53. The van der Waals surface area contributed by atoms with Crippen LogP contribution in [0, 0.1) is 12.8 Å². The van der Waals surface area contributed by atoms with E-state index in [9.17, 15) is 4.79 Å². The molecule has 0 aromatic carbocycles. The van der Waals surface area contributed by atoms with Crippen molar-refractivity contribution in [1.82, 2.24) is 10.2 Å². The van der Waals surface area contributed by atoms with Crippen LogP contribution in [0.5, 0.6) is 0 Å². The Bertz CT molecular complexity index is 686. The summed E-state index contributed by atoms with van der Waals surface area (Å²) >= 11 is 3.22. The quantitative estimate of drug-likeness (QED) is 0.827. The van der Waals surface area contributed by atoms with Crippen molar-refractivity contribution in [3.63, 3.8) is 0 Å². The summed E-state index contributed by atoms with van der Waals surface area (Å²) in [5, 5.41) is 2.97. The lowest BCUT2D eigenvalue weighted by atomic mass is 9.97. The third kappa shape index (κ3) is 4.11. The molecule has 3 heterocycles. The fraction of sp³-hybridized carbons (Fsp3) is 0.500. The maximum absolute atomic E-state index is 12.3. The Morgan fingerprint density at radius 1 is 1.29 bits per heavy atom. The summed E-state index contributed by atoms with van der Waals surface area (Å²) < 4.78 is 11.7. The van der Waals surface area contributed by atoms with Gasteiger partial charge in [-0.1, -0.05) is 6.92 Å². The average Bonchev–Trinajstić information content (AvgIpc) is 3.18. The molecule has 24 heavy (non-hydrogen) atoms. The van der Waals surface area contributed by atoms with Crippen molar-refractivity contribution >= 4 is 21.8 Å². The molecule has 1 aliphatic heterocycles.